The molecule has 0 aliphatic carbocycles. The maximum atomic E-state index is 13.5. The number of rotatable bonds is 4. The minimum absolute atomic E-state index is 0.107. The van der Waals surface area contributed by atoms with Gasteiger partial charge in [-0.1, -0.05) is 18.5 Å². The van der Waals surface area contributed by atoms with Gasteiger partial charge in [-0.3, -0.25) is 9.59 Å². The second-order valence-corrected chi connectivity index (χ2v) is 3.89. The lowest BCUT2D eigenvalue weighted by molar-refractivity contribution is -0.140. The Morgan fingerprint density at radius 1 is 1.33 bits per heavy atom. The van der Waals surface area contributed by atoms with Crippen molar-refractivity contribution in [3.63, 3.8) is 0 Å². The Morgan fingerprint density at radius 2 is 1.89 bits per heavy atom. The maximum absolute atomic E-state index is 13.5. The third-order valence-electron chi connectivity index (χ3n) is 2.39. The molecule has 0 radical (unpaired) electrons. The van der Waals surface area contributed by atoms with Crippen molar-refractivity contribution in [2.45, 2.75) is 13.3 Å². The zero-order valence-electron chi connectivity index (χ0n) is 9.14. The molecule has 18 heavy (non-hydrogen) atoms. The van der Waals surface area contributed by atoms with Crippen LogP contribution in [0, 0.1) is 23.4 Å². The Hall–Kier alpha value is -1.56. The van der Waals surface area contributed by atoms with Crippen molar-refractivity contribution < 1.29 is 27.9 Å². The fraction of sp³-hybridized carbons (Fsp3) is 0.273. The van der Waals surface area contributed by atoms with E-state index < -0.39 is 45.7 Å². The first kappa shape index (κ1) is 14.5. The molecule has 0 aliphatic heterocycles. The van der Waals surface area contributed by atoms with Gasteiger partial charge >= 0.3 is 5.97 Å². The van der Waals surface area contributed by atoms with Gasteiger partial charge in [0.15, 0.2) is 23.2 Å². The van der Waals surface area contributed by atoms with E-state index in [-0.39, 0.29) is 6.42 Å². The summed E-state index contributed by atoms with van der Waals surface area (Å²) in [6.07, 6.45) is -0.107. The number of carbonyl (C=O) groups excluding carboxylic acids is 1. The van der Waals surface area contributed by atoms with Gasteiger partial charge in [-0.2, -0.15) is 0 Å². The van der Waals surface area contributed by atoms with Crippen LogP contribution in [0.2, 0.25) is 5.02 Å². The third-order valence-corrected chi connectivity index (χ3v) is 2.72. The lowest BCUT2D eigenvalue weighted by Gasteiger charge is -2.10. The largest absolute Gasteiger partial charge is 0.481 e. The van der Waals surface area contributed by atoms with Gasteiger partial charge in [0.25, 0.3) is 0 Å². The summed E-state index contributed by atoms with van der Waals surface area (Å²) in [5.74, 6) is -8.73. The Balaban J connectivity index is 3.34. The van der Waals surface area contributed by atoms with Gasteiger partial charge in [0.2, 0.25) is 0 Å². The molecule has 3 nitrogen and oxygen atoms in total. The van der Waals surface area contributed by atoms with Crippen molar-refractivity contribution in [1.29, 1.82) is 0 Å². The van der Waals surface area contributed by atoms with Crippen molar-refractivity contribution in [3.8, 4) is 0 Å². The zero-order chi connectivity index (χ0) is 14.0. The number of carboxylic acids is 1. The highest BCUT2D eigenvalue weighted by molar-refractivity contribution is 6.31. The fourth-order valence-electron chi connectivity index (χ4n) is 1.41. The van der Waals surface area contributed by atoms with E-state index in [1.807, 2.05) is 0 Å². The predicted molar refractivity (Wildman–Crippen MR) is 57.1 cm³/mol. The molecule has 0 heterocycles. The zero-order valence-corrected chi connectivity index (χ0v) is 9.89. The molecule has 0 amide bonds. The summed E-state index contributed by atoms with van der Waals surface area (Å²) in [5.41, 5.74) is -0.867. The molecule has 7 heteroatoms. The fourth-order valence-corrected chi connectivity index (χ4v) is 1.60. The van der Waals surface area contributed by atoms with Crippen LogP contribution in [0.15, 0.2) is 6.07 Å². The van der Waals surface area contributed by atoms with E-state index in [2.05, 4.69) is 0 Å². The number of benzene rings is 1. The topological polar surface area (TPSA) is 54.4 Å². The van der Waals surface area contributed by atoms with E-state index in [0.29, 0.717) is 6.07 Å². The van der Waals surface area contributed by atoms with Gasteiger partial charge in [0.1, 0.15) is 10.9 Å². The summed E-state index contributed by atoms with van der Waals surface area (Å²) in [6.45, 7) is 1.40. The van der Waals surface area contributed by atoms with Crippen LogP contribution in [0.5, 0.6) is 0 Å². The van der Waals surface area contributed by atoms with Crippen molar-refractivity contribution in [2.24, 2.45) is 5.92 Å². The molecule has 1 aromatic rings. The lowest BCUT2D eigenvalue weighted by Crippen LogP contribution is -2.24. The number of carbonyl (C=O) groups is 2. The highest BCUT2D eigenvalue weighted by Crippen LogP contribution is 2.27. The van der Waals surface area contributed by atoms with Gasteiger partial charge in [0.05, 0.1) is 5.56 Å². The number of halogens is 4. The van der Waals surface area contributed by atoms with E-state index in [1.54, 1.807) is 0 Å². The Morgan fingerprint density at radius 3 is 2.33 bits per heavy atom. The number of carboxylic acid groups (broad SMARTS) is 1. The first-order valence-electron chi connectivity index (χ1n) is 4.91. The molecular weight excluding hydrogens is 273 g/mol. The average molecular weight is 281 g/mol. The van der Waals surface area contributed by atoms with E-state index in [1.165, 1.54) is 6.92 Å². The van der Waals surface area contributed by atoms with Crippen LogP contribution in [0.3, 0.4) is 0 Å². The van der Waals surface area contributed by atoms with Gasteiger partial charge in [-0.25, -0.2) is 13.2 Å². The molecule has 1 atom stereocenters. The van der Waals surface area contributed by atoms with Gasteiger partial charge in [-0.15, -0.1) is 0 Å². The number of aliphatic carboxylic acids is 1. The lowest BCUT2D eigenvalue weighted by atomic mass is 9.95. The molecule has 1 N–H and O–H groups in total. The summed E-state index contributed by atoms with van der Waals surface area (Å²) in [7, 11) is 0. The molecule has 0 saturated carbocycles. The number of hydrogen-bond acceptors (Lipinski definition) is 2. The number of ketones is 1. The molecule has 0 aromatic heterocycles. The molecule has 1 aromatic carbocycles. The molecule has 0 bridgehead atoms. The Bertz CT molecular complexity index is 517. The standard InChI is InChI=1S/C11H8ClF3O3/c1-2-4(11(17)18)10(16)5-3-6(13)9(15)7(12)8(5)14/h3-4H,2H2,1H3,(H,17,18). The minimum Gasteiger partial charge on any atom is -0.481 e. The van der Waals surface area contributed by atoms with Crippen molar-refractivity contribution >= 4 is 23.4 Å². The van der Waals surface area contributed by atoms with Crippen LogP contribution in [0.25, 0.3) is 0 Å². The molecule has 1 rings (SSSR count). The van der Waals surface area contributed by atoms with Crippen molar-refractivity contribution in [1.82, 2.24) is 0 Å². The second kappa shape index (κ2) is 5.39. The van der Waals surface area contributed by atoms with E-state index in [9.17, 15) is 22.8 Å². The van der Waals surface area contributed by atoms with Crippen LogP contribution >= 0.6 is 11.6 Å². The van der Waals surface area contributed by atoms with Gasteiger partial charge < -0.3 is 5.11 Å². The third kappa shape index (κ3) is 2.48. The summed E-state index contributed by atoms with van der Waals surface area (Å²) < 4.78 is 39.4. The normalized spacial score (nSPS) is 12.3. The molecular formula is C11H8ClF3O3. The van der Waals surface area contributed by atoms with Gasteiger partial charge in [-0.05, 0) is 12.5 Å². The SMILES string of the molecule is CCC(C(=O)O)C(=O)c1cc(F)c(F)c(Cl)c1F. The monoisotopic (exact) mass is 280 g/mol. The molecule has 1 unspecified atom stereocenters. The van der Waals surface area contributed by atoms with Crippen molar-refractivity contribution in [2.75, 3.05) is 0 Å². The quantitative estimate of drug-likeness (QED) is 0.399. The Labute approximate surface area is 105 Å². The van der Waals surface area contributed by atoms with Crippen LogP contribution in [0.1, 0.15) is 23.7 Å². The number of Topliss-reactive ketones (excluding diaryl/α,β-unsaturated/α-hetero) is 1. The van der Waals surface area contributed by atoms with E-state index in [4.69, 9.17) is 16.7 Å². The summed E-state index contributed by atoms with van der Waals surface area (Å²) in [6, 6.07) is 0.310. The maximum Gasteiger partial charge on any atom is 0.314 e. The molecule has 0 spiro atoms. The van der Waals surface area contributed by atoms with Crippen LogP contribution in [0.4, 0.5) is 13.2 Å². The summed E-state index contributed by atoms with van der Waals surface area (Å²) in [5, 5.41) is 7.58. The van der Waals surface area contributed by atoms with Crippen LogP contribution in [-0.2, 0) is 4.79 Å². The average Bonchev–Trinajstić information content (AvgIpc) is 2.31. The van der Waals surface area contributed by atoms with Crippen molar-refractivity contribution in [3.05, 3.63) is 34.1 Å². The molecule has 98 valence electrons. The molecule has 0 aliphatic rings. The minimum atomic E-state index is -1.62. The first-order valence-corrected chi connectivity index (χ1v) is 5.29. The van der Waals surface area contributed by atoms with Crippen LogP contribution in [-0.4, -0.2) is 16.9 Å². The Kier molecular flexibility index (Phi) is 4.34. The van der Waals surface area contributed by atoms with Crippen LogP contribution < -0.4 is 0 Å². The van der Waals surface area contributed by atoms with E-state index in [0.717, 1.165) is 0 Å². The predicted octanol–water partition coefficient (Wildman–Crippen LogP) is 3.05. The highest BCUT2D eigenvalue weighted by Gasteiger charge is 2.30. The first-order chi connectivity index (χ1) is 8.31. The number of hydrogen-bond donors (Lipinski definition) is 1. The van der Waals surface area contributed by atoms with E-state index >= 15 is 0 Å². The molecule has 0 fully saturated rings. The second-order valence-electron chi connectivity index (χ2n) is 3.51. The molecule has 0 saturated heterocycles. The highest BCUT2D eigenvalue weighted by atomic mass is 35.5. The summed E-state index contributed by atoms with van der Waals surface area (Å²) >= 11 is 5.17. The summed E-state index contributed by atoms with van der Waals surface area (Å²) in [4.78, 5) is 22.4. The van der Waals surface area contributed by atoms with Gasteiger partial charge in [0, 0.05) is 0 Å². The smallest absolute Gasteiger partial charge is 0.314 e.